The van der Waals surface area contributed by atoms with Crippen molar-refractivity contribution in [3.63, 3.8) is 0 Å². The van der Waals surface area contributed by atoms with Gasteiger partial charge in [0.15, 0.2) is 0 Å². The third-order valence-electron chi connectivity index (χ3n) is 5.48. The molecular weight excluding hydrogens is 530 g/mol. The average molecular weight is 556 g/mol. The number of carbonyl (C=O) groups is 2. The molecule has 9 nitrogen and oxygen atoms in total. The van der Waals surface area contributed by atoms with Gasteiger partial charge in [0.1, 0.15) is 0 Å². The number of hydrogen-bond acceptors (Lipinski definition) is 7. The van der Waals surface area contributed by atoms with E-state index >= 15 is 0 Å². The molecule has 2 aliphatic heterocycles. The van der Waals surface area contributed by atoms with Gasteiger partial charge in [0.2, 0.25) is 0 Å². The number of carboxylic acid groups (broad SMARTS) is 2. The topological polar surface area (TPSA) is 122 Å². The Balaban J connectivity index is 0.000000301. The minimum absolute atomic E-state index is 0.212. The summed E-state index contributed by atoms with van der Waals surface area (Å²) in [5.74, 6) is -5.51. The standard InChI is InChI=1S/C19H24N2O3.2C2HF3O2/c1-2-8-20-16(3-1)13-23-14-17-4-5-18-19(24-17)6-9-21(18)11-15-7-10-22-12-15;2*3-2(4,5)1(6)7/h1-3,7-8,10,12,17-19H,4-6,9,11,13-14H2;2*(H,6,7)/t17-,18-,19-;;/m0../s1. The quantitative estimate of drug-likeness (QED) is 0.502. The van der Waals surface area contributed by atoms with Gasteiger partial charge in [-0.15, -0.1) is 0 Å². The third-order valence-corrected chi connectivity index (χ3v) is 5.48. The summed E-state index contributed by atoms with van der Waals surface area (Å²) in [5, 5.41) is 14.2. The fraction of sp³-hybridized carbons (Fsp3) is 0.522. The van der Waals surface area contributed by atoms with Crippen LogP contribution in [0.15, 0.2) is 47.4 Å². The van der Waals surface area contributed by atoms with E-state index in [9.17, 15) is 26.3 Å². The van der Waals surface area contributed by atoms with E-state index in [1.165, 1.54) is 12.0 Å². The van der Waals surface area contributed by atoms with E-state index in [0.29, 0.717) is 25.4 Å². The van der Waals surface area contributed by atoms with E-state index in [2.05, 4.69) is 9.88 Å². The second-order valence-electron chi connectivity index (χ2n) is 8.27. The van der Waals surface area contributed by atoms with Crippen molar-refractivity contribution in [2.45, 2.75) is 63.0 Å². The van der Waals surface area contributed by atoms with Gasteiger partial charge in [0, 0.05) is 30.9 Å². The number of fused-ring (bicyclic) bond motifs is 1. The highest BCUT2D eigenvalue weighted by atomic mass is 19.4. The van der Waals surface area contributed by atoms with Crippen LogP contribution in [0.25, 0.3) is 0 Å². The average Bonchev–Trinajstić information content (AvgIpc) is 3.50. The monoisotopic (exact) mass is 556 g/mol. The van der Waals surface area contributed by atoms with Crippen LogP contribution in [0, 0.1) is 0 Å². The number of alkyl halides is 6. The third kappa shape index (κ3) is 10.7. The molecule has 2 saturated heterocycles. The zero-order chi connectivity index (χ0) is 28.3. The van der Waals surface area contributed by atoms with Crippen LogP contribution in [0.2, 0.25) is 0 Å². The first-order valence-electron chi connectivity index (χ1n) is 11.3. The molecule has 0 amide bonds. The van der Waals surface area contributed by atoms with Crippen molar-refractivity contribution in [1.82, 2.24) is 9.88 Å². The van der Waals surface area contributed by atoms with Crippen molar-refractivity contribution in [2.24, 2.45) is 0 Å². The number of pyridine rings is 1. The zero-order valence-electron chi connectivity index (χ0n) is 19.8. The summed E-state index contributed by atoms with van der Waals surface area (Å²) in [6, 6.07) is 8.48. The maximum absolute atomic E-state index is 10.6. The van der Waals surface area contributed by atoms with E-state index in [0.717, 1.165) is 31.6 Å². The molecule has 0 aromatic carbocycles. The van der Waals surface area contributed by atoms with Crippen molar-refractivity contribution in [3.05, 3.63) is 54.2 Å². The summed E-state index contributed by atoms with van der Waals surface area (Å²) in [4.78, 5) is 24.6. The molecule has 2 N–H and O–H groups in total. The second-order valence-corrected chi connectivity index (χ2v) is 8.27. The Morgan fingerprint density at radius 1 is 1.03 bits per heavy atom. The second kappa shape index (κ2) is 14.1. The number of aliphatic carboxylic acids is 2. The Hall–Kier alpha value is -3.17. The largest absolute Gasteiger partial charge is 0.490 e. The summed E-state index contributed by atoms with van der Waals surface area (Å²) in [7, 11) is 0. The summed E-state index contributed by atoms with van der Waals surface area (Å²) < 4.78 is 80.7. The molecule has 2 aliphatic rings. The van der Waals surface area contributed by atoms with Gasteiger partial charge in [-0.1, -0.05) is 6.07 Å². The molecule has 0 aliphatic carbocycles. The van der Waals surface area contributed by atoms with Gasteiger partial charge in [0.05, 0.1) is 43.6 Å². The number of halogens is 6. The molecule has 38 heavy (non-hydrogen) atoms. The molecule has 0 bridgehead atoms. The molecule has 0 spiro atoms. The summed E-state index contributed by atoms with van der Waals surface area (Å²) in [6.45, 7) is 3.27. The molecule has 15 heteroatoms. The Morgan fingerprint density at radius 3 is 2.21 bits per heavy atom. The van der Waals surface area contributed by atoms with Gasteiger partial charge in [-0.05, 0) is 37.5 Å². The fourth-order valence-electron chi connectivity index (χ4n) is 3.80. The normalized spacial score (nSPS) is 21.4. The van der Waals surface area contributed by atoms with Crippen LogP contribution in [0.1, 0.15) is 30.5 Å². The van der Waals surface area contributed by atoms with Crippen molar-refractivity contribution in [3.8, 4) is 0 Å². The Kier molecular flexibility index (Phi) is 11.5. The SMILES string of the molecule is O=C(O)C(F)(F)F.O=C(O)C(F)(F)F.c1ccc(COC[C@@H]2CC[C@H]3[C@H](CCN3Cc3ccoc3)O2)nc1. The van der Waals surface area contributed by atoms with Crippen LogP contribution >= 0.6 is 0 Å². The minimum atomic E-state index is -5.08. The van der Waals surface area contributed by atoms with Crippen LogP contribution < -0.4 is 0 Å². The van der Waals surface area contributed by atoms with E-state index in [1.807, 2.05) is 30.5 Å². The lowest BCUT2D eigenvalue weighted by atomic mass is 9.99. The summed E-state index contributed by atoms with van der Waals surface area (Å²) in [5.41, 5.74) is 2.22. The first-order chi connectivity index (χ1) is 17.8. The van der Waals surface area contributed by atoms with Crippen LogP contribution in [-0.4, -0.2) is 75.8 Å². The van der Waals surface area contributed by atoms with E-state index < -0.39 is 24.3 Å². The zero-order valence-corrected chi connectivity index (χ0v) is 19.8. The molecule has 3 atom stereocenters. The summed E-state index contributed by atoms with van der Waals surface area (Å²) >= 11 is 0. The molecule has 2 aromatic heterocycles. The first kappa shape index (κ1) is 31.1. The van der Waals surface area contributed by atoms with Crippen LogP contribution in [0.4, 0.5) is 26.3 Å². The van der Waals surface area contributed by atoms with Gasteiger partial charge < -0.3 is 24.1 Å². The van der Waals surface area contributed by atoms with Crippen molar-refractivity contribution in [1.29, 1.82) is 0 Å². The number of aromatic nitrogens is 1. The molecular formula is C23H26F6N2O7. The van der Waals surface area contributed by atoms with Crippen LogP contribution in [-0.2, 0) is 32.2 Å². The van der Waals surface area contributed by atoms with E-state index in [1.54, 1.807) is 12.5 Å². The van der Waals surface area contributed by atoms with Gasteiger partial charge in [-0.25, -0.2) is 9.59 Å². The Labute approximate surface area is 213 Å². The molecule has 212 valence electrons. The van der Waals surface area contributed by atoms with Crippen molar-refractivity contribution < 1.29 is 60.0 Å². The number of ether oxygens (including phenoxy) is 2. The maximum Gasteiger partial charge on any atom is 0.490 e. The predicted molar refractivity (Wildman–Crippen MR) is 117 cm³/mol. The van der Waals surface area contributed by atoms with E-state index in [4.69, 9.17) is 33.7 Å². The predicted octanol–water partition coefficient (Wildman–Crippen LogP) is 4.28. The maximum atomic E-state index is 10.6. The number of furan rings is 1. The Bertz CT molecular complexity index is 962. The smallest absolute Gasteiger partial charge is 0.475 e. The highest BCUT2D eigenvalue weighted by Crippen LogP contribution is 2.32. The van der Waals surface area contributed by atoms with Crippen molar-refractivity contribution >= 4 is 11.9 Å². The highest BCUT2D eigenvalue weighted by Gasteiger charge is 2.40. The lowest BCUT2D eigenvalue weighted by Crippen LogP contribution is -2.43. The lowest BCUT2D eigenvalue weighted by Gasteiger charge is -2.35. The summed E-state index contributed by atoms with van der Waals surface area (Å²) in [6.07, 6.45) is -0.878. The van der Waals surface area contributed by atoms with Gasteiger partial charge in [-0.3, -0.25) is 9.88 Å². The minimum Gasteiger partial charge on any atom is -0.475 e. The highest BCUT2D eigenvalue weighted by molar-refractivity contribution is 5.73. The van der Waals surface area contributed by atoms with Gasteiger partial charge >= 0.3 is 24.3 Å². The number of nitrogens with zero attached hydrogens (tertiary/aromatic N) is 2. The molecule has 4 heterocycles. The van der Waals surface area contributed by atoms with Gasteiger partial charge in [-0.2, -0.15) is 26.3 Å². The molecule has 2 aromatic rings. The van der Waals surface area contributed by atoms with Gasteiger partial charge in [0.25, 0.3) is 0 Å². The molecule has 4 rings (SSSR count). The lowest BCUT2D eigenvalue weighted by molar-refractivity contribution is -0.193. The Morgan fingerprint density at radius 2 is 1.68 bits per heavy atom. The van der Waals surface area contributed by atoms with E-state index in [-0.39, 0.29) is 6.10 Å². The van der Waals surface area contributed by atoms with Crippen LogP contribution in [0.3, 0.4) is 0 Å². The first-order valence-corrected chi connectivity index (χ1v) is 11.3. The molecule has 0 saturated carbocycles. The number of hydrogen-bond donors (Lipinski definition) is 2. The number of carboxylic acids is 2. The molecule has 2 fully saturated rings. The molecule has 0 unspecified atom stereocenters. The number of likely N-dealkylation sites (tertiary alicyclic amines) is 1. The number of rotatable bonds is 6. The fourth-order valence-corrected chi connectivity index (χ4v) is 3.80. The molecule has 0 radical (unpaired) electrons. The van der Waals surface area contributed by atoms with Crippen molar-refractivity contribution in [2.75, 3.05) is 13.2 Å². The van der Waals surface area contributed by atoms with Crippen LogP contribution in [0.5, 0.6) is 0 Å².